The third-order valence-electron chi connectivity index (χ3n) is 2.51. The molecular weight excluding hydrogens is 167 g/mol. The van der Waals surface area contributed by atoms with Gasteiger partial charge in [-0.25, -0.2) is 0 Å². The molecule has 1 rings (SSSR count). The minimum Gasteiger partial charge on any atom is -0.317 e. The van der Waals surface area contributed by atoms with Crippen molar-refractivity contribution in [3.05, 3.63) is 0 Å². The van der Waals surface area contributed by atoms with Crippen molar-refractivity contribution < 1.29 is 4.39 Å². The van der Waals surface area contributed by atoms with E-state index < -0.39 is 0 Å². The third kappa shape index (κ3) is 5.21. The van der Waals surface area contributed by atoms with Crippen molar-refractivity contribution in [2.45, 2.75) is 25.7 Å². The molecule has 0 unspecified atom stereocenters. The highest BCUT2D eigenvalue weighted by Crippen LogP contribution is 2.06. The lowest BCUT2D eigenvalue weighted by Crippen LogP contribution is -2.25. The summed E-state index contributed by atoms with van der Waals surface area (Å²) in [5, 5.41) is 3.24. The van der Waals surface area contributed by atoms with Crippen molar-refractivity contribution in [1.82, 2.24) is 10.2 Å². The van der Waals surface area contributed by atoms with E-state index in [1.165, 1.54) is 38.9 Å². The van der Waals surface area contributed by atoms with Gasteiger partial charge in [0.2, 0.25) is 0 Å². The predicted molar refractivity (Wildman–Crippen MR) is 53.8 cm³/mol. The van der Waals surface area contributed by atoms with E-state index in [-0.39, 0.29) is 6.67 Å². The molecule has 1 heterocycles. The lowest BCUT2D eigenvalue weighted by atomic mass is 10.3. The topological polar surface area (TPSA) is 15.3 Å². The second kappa shape index (κ2) is 7.27. The molecule has 1 fully saturated rings. The molecule has 0 radical (unpaired) electrons. The normalized spacial score (nSPS) is 18.2. The van der Waals surface area contributed by atoms with Gasteiger partial charge in [0.15, 0.2) is 0 Å². The van der Waals surface area contributed by atoms with Crippen LogP contribution in [0.15, 0.2) is 0 Å². The van der Waals surface area contributed by atoms with Gasteiger partial charge >= 0.3 is 0 Å². The largest absolute Gasteiger partial charge is 0.317 e. The molecular formula is C10H21FN2. The zero-order chi connectivity index (χ0) is 9.36. The van der Waals surface area contributed by atoms with E-state index in [1.807, 2.05) is 0 Å². The summed E-state index contributed by atoms with van der Waals surface area (Å²) >= 11 is 0. The summed E-state index contributed by atoms with van der Waals surface area (Å²) in [6.45, 7) is 5.45. The molecule has 13 heavy (non-hydrogen) atoms. The average Bonchev–Trinajstić information content (AvgIpc) is 2.63. The number of nitrogens with zero attached hydrogens (tertiary/aromatic N) is 1. The van der Waals surface area contributed by atoms with E-state index in [1.54, 1.807) is 0 Å². The molecule has 0 aromatic heterocycles. The van der Waals surface area contributed by atoms with Crippen molar-refractivity contribution in [1.29, 1.82) is 0 Å². The van der Waals surface area contributed by atoms with Gasteiger partial charge in [0, 0.05) is 0 Å². The highest BCUT2D eigenvalue weighted by atomic mass is 19.1. The number of likely N-dealkylation sites (tertiary alicyclic amines) is 1. The van der Waals surface area contributed by atoms with Crippen LogP contribution in [0.1, 0.15) is 25.7 Å². The molecule has 1 saturated heterocycles. The molecule has 0 atom stereocenters. The summed E-state index contributed by atoms with van der Waals surface area (Å²) in [7, 11) is 0. The van der Waals surface area contributed by atoms with Crippen LogP contribution in [0.25, 0.3) is 0 Å². The summed E-state index contributed by atoms with van der Waals surface area (Å²) in [5.41, 5.74) is 0. The minimum absolute atomic E-state index is 0.195. The molecule has 1 aliphatic rings. The lowest BCUT2D eigenvalue weighted by molar-refractivity contribution is 0.330. The van der Waals surface area contributed by atoms with Gasteiger partial charge in [-0.05, 0) is 58.4 Å². The Bertz CT molecular complexity index is 113. The Morgan fingerprint density at radius 3 is 2.46 bits per heavy atom. The van der Waals surface area contributed by atoms with Crippen molar-refractivity contribution in [2.24, 2.45) is 0 Å². The van der Waals surface area contributed by atoms with Crippen LogP contribution in [0, 0.1) is 0 Å². The SMILES string of the molecule is FCCCNCCCN1CCCC1. The fraction of sp³-hybridized carbons (Fsp3) is 1.00. The molecule has 3 heteroatoms. The number of halogens is 1. The zero-order valence-electron chi connectivity index (χ0n) is 8.40. The number of hydrogen-bond donors (Lipinski definition) is 1. The van der Waals surface area contributed by atoms with Gasteiger partial charge in [0.1, 0.15) is 0 Å². The molecule has 78 valence electrons. The molecule has 0 amide bonds. The minimum atomic E-state index is -0.195. The first-order chi connectivity index (χ1) is 6.43. The summed E-state index contributed by atoms with van der Waals surface area (Å²) < 4.78 is 11.7. The Labute approximate surface area is 80.5 Å². The fourth-order valence-corrected chi connectivity index (χ4v) is 1.75. The molecule has 0 spiro atoms. The molecule has 2 nitrogen and oxygen atoms in total. The first-order valence-electron chi connectivity index (χ1n) is 5.42. The number of nitrogens with one attached hydrogen (secondary N) is 1. The Balaban J connectivity index is 1.78. The van der Waals surface area contributed by atoms with E-state index in [2.05, 4.69) is 10.2 Å². The quantitative estimate of drug-likeness (QED) is 0.608. The standard InChI is InChI=1S/C10H21FN2/c11-5-3-6-12-7-4-10-13-8-1-2-9-13/h12H,1-10H2. The zero-order valence-corrected chi connectivity index (χ0v) is 8.40. The van der Waals surface area contributed by atoms with Gasteiger partial charge in [-0.15, -0.1) is 0 Å². The van der Waals surface area contributed by atoms with Crippen molar-refractivity contribution in [3.8, 4) is 0 Å². The molecule has 0 aromatic carbocycles. The van der Waals surface area contributed by atoms with Crippen molar-refractivity contribution in [2.75, 3.05) is 39.4 Å². The molecule has 0 aliphatic carbocycles. The maximum Gasteiger partial charge on any atom is 0.0906 e. The van der Waals surface area contributed by atoms with E-state index >= 15 is 0 Å². The van der Waals surface area contributed by atoms with Gasteiger partial charge < -0.3 is 10.2 Å². The average molecular weight is 188 g/mol. The second-order valence-electron chi connectivity index (χ2n) is 3.69. The smallest absolute Gasteiger partial charge is 0.0906 e. The molecule has 1 N–H and O–H groups in total. The number of hydrogen-bond acceptors (Lipinski definition) is 2. The highest BCUT2D eigenvalue weighted by Gasteiger charge is 2.09. The van der Waals surface area contributed by atoms with E-state index in [4.69, 9.17) is 0 Å². The van der Waals surface area contributed by atoms with E-state index in [9.17, 15) is 4.39 Å². The molecule has 0 aromatic rings. The van der Waals surface area contributed by atoms with Crippen LogP contribution >= 0.6 is 0 Å². The van der Waals surface area contributed by atoms with Gasteiger partial charge in [-0.2, -0.15) is 0 Å². The van der Waals surface area contributed by atoms with E-state index in [0.29, 0.717) is 6.42 Å². The van der Waals surface area contributed by atoms with Crippen molar-refractivity contribution >= 4 is 0 Å². The van der Waals surface area contributed by atoms with Crippen molar-refractivity contribution in [3.63, 3.8) is 0 Å². The lowest BCUT2D eigenvalue weighted by Gasteiger charge is -2.13. The molecule has 0 bridgehead atoms. The molecule has 0 saturated carbocycles. The Morgan fingerprint density at radius 1 is 1.08 bits per heavy atom. The second-order valence-corrected chi connectivity index (χ2v) is 3.69. The van der Waals surface area contributed by atoms with Gasteiger partial charge in [0.05, 0.1) is 6.67 Å². The number of alkyl halides is 1. The first kappa shape index (κ1) is 10.9. The maximum absolute atomic E-state index is 11.7. The first-order valence-corrected chi connectivity index (χ1v) is 5.42. The van der Waals surface area contributed by atoms with Crippen LogP contribution in [0.5, 0.6) is 0 Å². The fourth-order valence-electron chi connectivity index (χ4n) is 1.75. The van der Waals surface area contributed by atoms with E-state index in [0.717, 1.165) is 13.1 Å². The van der Waals surface area contributed by atoms with Crippen LogP contribution < -0.4 is 5.32 Å². The Morgan fingerprint density at radius 2 is 1.77 bits per heavy atom. The number of rotatable bonds is 7. The van der Waals surface area contributed by atoms with Crippen LogP contribution in [-0.2, 0) is 0 Å². The van der Waals surface area contributed by atoms with Crippen LogP contribution in [0.3, 0.4) is 0 Å². The summed E-state index contributed by atoms with van der Waals surface area (Å²) in [4.78, 5) is 2.51. The van der Waals surface area contributed by atoms with Gasteiger partial charge in [0.25, 0.3) is 0 Å². The highest BCUT2D eigenvalue weighted by molar-refractivity contribution is 4.66. The van der Waals surface area contributed by atoms with Gasteiger partial charge in [-0.3, -0.25) is 4.39 Å². The Hall–Kier alpha value is -0.150. The third-order valence-corrected chi connectivity index (χ3v) is 2.51. The predicted octanol–water partition coefficient (Wildman–Crippen LogP) is 1.42. The van der Waals surface area contributed by atoms with Gasteiger partial charge in [-0.1, -0.05) is 0 Å². The van der Waals surface area contributed by atoms with Crippen LogP contribution in [-0.4, -0.2) is 44.3 Å². The monoisotopic (exact) mass is 188 g/mol. The van der Waals surface area contributed by atoms with Crippen LogP contribution in [0.2, 0.25) is 0 Å². The Kier molecular flexibility index (Phi) is 6.11. The molecule has 1 aliphatic heterocycles. The summed E-state index contributed by atoms with van der Waals surface area (Å²) in [6, 6.07) is 0. The summed E-state index contributed by atoms with van der Waals surface area (Å²) in [6.07, 6.45) is 4.60. The maximum atomic E-state index is 11.7. The van der Waals surface area contributed by atoms with Crippen LogP contribution in [0.4, 0.5) is 4.39 Å². The summed E-state index contributed by atoms with van der Waals surface area (Å²) in [5.74, 6) is 0.